The third kappa shape index (κ3) is 7.64. The molecule has 0 saturated heterocycles. The third-order valence-electron chi connectivity index (χ3n) is 23.0. The lowest BCUT2D eigenvalue weighted by Crippen LogP contribution is -2.26. The van der Waals surface area contributed by atoms with Crippen LogP contribution in [-0.4, -0.2) is 0 Å². The zero-order valence-electron chi connectivity index (χ0n) is 55.6. The van der Waals surface area contributed by atoms with Gasteiger partial charge in [0.2, 0.25) is 0 Å². The van der Waals surface area contributed by atoms with Crippen molar-refractivity contribution in [3.8, 4) is 89.8 Å². The molecule has 5 nitrogen and oxygen atoms in total. The van der Waals surface area contributed by atoms with Crippen molar-refractivity contribution >= 4 is 77.6 Å². The van der Waals surface area contributed by atoms with Gasteiger partial charge in [0.15, 0.2) is 11.5 Å². The molecule has 1 aliphatic heterocycles. The predicted molar refractivity (Wildman–Crippen MR) is 419 cm³/mol. The van der Waals surface area contributed by atoms with E-state index in [0.717, 1.165) is 124 Å². The van der Waals surface area contributed by atoms with Crippen LogP contribution < -0.4 is 14.5 Å². The standard InChI is InChI=1S/C98H58N2O3/c1-3-20-59(21-4-1)63-44-52-86-90(55-63)101-91-56-64(45-53-87(91)100(86)68-48-51-83-79(57-68)74-27-10-15-33-81(74)97(83)82-34-16-11-28-76(82)95-93(97)77-29-12-17-36-88(77)102-95)60-38-40-62(41-39-60)72-31-19-35-84-92(72)96-94(78-30-13-18-37-89(78)103-96)98(84)80-32-14-9-26-73(80)75-50-47-69(58-85(75)98)99(66-23-5-2-6-24-66)67-46-49-71-65(54-67)43-42-61-22-7-8-25-70(61)71/h1-58H. The van der Waals surface area contributed by atoms with E-state index in [-0.39, 0.29) is 0 Å². The first-order valence-corrected chi connectivity index (χ1v) is 35.5. The molecule has 18 aromatic rings. The summed E-state index contributed by atoms with van der Waals surface area (Å²) in [6.45, 7) is 0. The van der Waals surface area contributed by atoms with Crippen LogP contribution >= 0.6 is 0 Å². The number of hydrogen-bond donors (Lipinski definition) is 0. The lowest BCUT2D eigenvalue weighted by atomic mass is 9.70. The summed E-state index contributed by atoms with van der Waals surface area (Å²) < 4.78 is 21.4. The molecule has 2 atom stereocenters. The maximum absolute atomic E-state index is 7.31. The van der Waals surface area contributed by atoms with Crippen LogP contribution in [-0.2, 0) is 10.8 Å². The highest BCUT2D eigenvalue weighted by atomic mass is 16.5. The molecule has 103 heavy (non-hydrogen) atoms. The maximum Gasteiger partial charge on any atom is 0.152 e. The second-order valence-electron chi connectivity index (χ2n) is 28.0. The SMILES string of the molecule is c1ccc(-c2ccc3c(c2)Oc2cc(-c4ccc(-c5cccc6c5-c5oc7ccccc7c5C65c6ccccc6-c6ccc(N(c7ccccc7)c7ccc8c(ccc9ccccc98)c7)cc65)cc4)ccc2N3c2ccc3c(c2)-c2ccccc2C32c3ccccc3-c3oc4ccccc4c32)cc1. The molecular weight excluding hydrogens is 1250 g/mol. The zero-order chi connectivity index (χ0) is 67.2. The quantitative estimate of drug-likeness (QED) is 0.149. The summed E-state index contributed by atoms with van der Waals surface area (Å²) in [6.07, 6.45) is 0. The maximum atomic E-state index is 7.31. The minimum Gasteiger partial charge on any atom is -0.456 e. The van der Waals surface area contributed by atoms with Gasteiger partial charge >= 0.3 is 0 Å². The number of benzene rings is 16. The molecule has 16 aromatic carbocycles. The molecule has 2 spiro atoms. The largest absolute Gasteiger partial charge is 0.456 e. The molecule has 3 heterocycles. The Morgan fingerprint density at radius 3 is 1.49 bits per heavy atom. The Morgan fingerprint density at radius 1 is 0.262 bits per heavy atom. The molecule has 0 radical (unpaired) electrons. The van der Waals surface area contributed by atoms with E-state index in [1.165, 1.54) is 88.3 Å². The Hall–Kier alpha value is -13.5. The average Bonchev–Trinajstić information content (AvgIpc) is 1.50. The van der Waals surface area contributed by atoms with E-state index in [1.807, 2.05) is 0 Å². The van der Waals surface area contributed by atoms with Crippen molar-refractivity contribution in [2.75, 3.05) is 9.80 Å². The van der Waals surface area contributed by atoms with Gasteiger partial charge in [0, 0.05) is 55.8 Å². The highest BCUT2D eigenvalue weighted by Gasteiger charge is 2.57. The summed E-state index contributed by atoms with van der Waals surface area (Å²) >= 11 is 0. The Labute approximate surface area is 594 Å². The Kier molecular flexibility index (Phi) is 11.5. The molecular formula is C98H58N2O3. The molecule has 0 amide bonds. The lowest BCUT2D eigenvalue weighted by Gasteiger charge is -2.34. The molecule has 2 aromatic heterocycles. The van der Waals surface area contributed by atoms with Gasteiger partial charge in [0.05, 0.1) is 22.2 Å². The number of nitrogens with zero attached hydrogens (tertiary/aromatic N) is 2. The van der Waals surface area contributed by atoms with Crippen LogP contribution in [0.1, 0.15) is 44.5 Å². The summed E-state index contributed by atoms with van der Waals surface area (Å²) in [6, 6.07) is 129. The van der Waals surface area contributed by atoms with Gasteiger partial charge in [0.1, 0.15) is 22.7 Å². The van der Waals surface area contributed by atoms with Crippen molar-refractivity contribution in [3.63, 3.8) is 0 Å². The third-order valence-corrected chi connectivity index (χ3v) is 23.0. The molecule has 478 valence electrons. The molecule has 0 saturated carbocycles. The van der Waals surface area contributed by atoms with E-state index >= 15 is 0 Å². The molecule has 4 aliphatic carbocycles. The van der Waals surface area contributed by atoms with Crippen molar-refractivity contribution in [3.05, 3.63) is 396 Å². The van der Waals surface area contributed by atoms with Crippen LogP contribution in [0.25, 0.3) is 122 Å². The first kappa shape index (κ1) is 56.4. The van der Waals surface area contributed by atoms with Gasteiger partial charge in [-0.1, -0.05) is 267 Å². The summed E-state index contributed by atoms with van der Waals surface area (Å²) in [5.74, 6) is 3.43. The number of anilines is 6. The highest BCUT2D eigenvalue weighted by molar-refractivity contribution is 6.10. The zero-order valence-corrected chi connectivity index (χ0v) is 55.6. The van der Waals surface area contributed by atoms with E-state index in [2.05, 4.69) is 362 Å². The van der Waals surface area contributed by atoms with Gasteiger partial charge in [-0.3, -0.25) is 0 Å². The summed E-state index contributed by atoms with van der Waals surface area (Å²) in [7, 11) is 0. The number of para-hydroxylation sites is 3. The molecule has 0 N–H and O–H groups in total. The Bertz CT molecular complexity index is 6680. The average molecular weight is 1310 g/mol. The molecule has 5 aliphatic rings. The van der Waals surface area contributed by atoms with Crippen molar-refractivity contribution in [2.24, 2.45) is 0 Å². The second kappa shape index (κ2) is 21.0. The monoisotopic (exact) mass is 1310 g/mol. The van der Waals surface area contributed by atoms with Crippen LogP contribution in [0.2, 0.25) is 0 Å². The molecule has 5 heteroatoms. The number of hydrogen-bond acceptors (Lipinski definition) is 5. The normalized spacial score (nSPS) is 15.7. The number of ether oxygens (including phenoxy) is 1. The van der Waals surface area contributed by atoms with E-state index in [1.54, 1.807) is 0 Å². The summed E-state index contributed by atoms with van der Waals surface area (Å²) in [5, 5.41) is 7.18. The lowest BCUT2D eigenvalue weighted by molar-refractivity contribution is 0.477. The van der Waals surface area contributed by atoms with E-state index < -0.39 is 10.8 Å². The fraction of sp³-hybridized carbons (Fsp3) is 0.0204. The number of rotatable bonds is 7. The number of fused-ring (bicyclic) bond motifs is 29. The van der Waals surface area contributed by atoms with E-state index in [9.17, 15) is 0 Å². The topological polar surface area (TPSA) is 42.0 Å². The minimum absolute atomic E-state index is 0.570. The van der Waals surface area contributed by atoms with Crippen molar-refractivity contribution in [1.29, 1.82) is 0 Å². The molecule has 23 rings (SSSR count). The van der Waals surface area contributed by atoms with Gasteiger partial charge in [-0.05, 0) is 195 Å². The van der Waals surface area contributed by atoms with Gasteiger partial charge in [-0.2, -0.15) is 0 Å². The Morgan fingerprint density at radius 2 is 0.757 bits per heavy atom. The predicted octanol–water partition coefficient (Wildman–Crippen LogP) is 26.2. The molecule has 2 unspecified atom stereocenters. The summed E-state index contributed by atoms with van der Waals surface area (Å²) in [4.78, 5) is 4.82. The van der Waals surface area contributed by atoms with Crippen molar-refractivity contribution in [2.45, 2.75) is 10.8 Å². The van der Waals surface area contributed by atoms with Crippen LogP contribution in [0.5, 0.6) is 11.5 Å². The van der Waals surface area contributed by atoms with Gasteiger partial charge in [-0.15, -0.1) is 0 Å². The van der Waals surface area contributed by atoms with Gasteiger partial charge in [0.25, 0.3) is 0 Å². The first-order chi connectivity index (χ1) is 51.1. The van der Waals surface area contributed by atoms with Crippen molar-refractivity contribution in [1.82, 2.24) is 0 Å². The van der Waals surface area contributed by atoms with Crippen molar-refractivity contribution < 1.29 is 13.6 Å². The Balaban J connectivity index is 0.653. The van der Waals surface area contributed by atoms with Crippen LogP contribution in [0.15, 0.2) is 361 Å². The smallest absolute Gasteiger partial charge is 0.152 e. The van der Waals surface area contributed by atoms with Crippen LogP contribution in [0.3, 0.4) is 0 Å². The second-order valence-corrected chi connectivity index (χ2v) is 28.0. The molecule has 0 bridgehead atoms. The highest BCUT2D eigenvalue weighted by Crippen LogP contribution is 2.69. The van der Waals surface area contributed by atoms with Gasteiger partial charge < -0.3 is 23.4 Å². The van der Waals surface area contributed by atoms with Crippen LogP contribution in [0.4, 0.5) is 34.1 Å². The minimum atomic E-state index is -0.717. The molecule has 0 fully saturated rings. The van der Waals surface area contributed by atoms with E-state index in [0.29, 0.717) is 0 Å². The number of furan rings is 2. The fourth-order valence-electron chi connectivity index (χ4n) is 18.8. The fourth-order valence-corrected chi connectivity index (χ4v) is 18.8. The van der Waals surface area contributed by atoms with E-state index in [4.69, 9.17) is 13.6 Å². The first-order valence-electron chi connectivity index (χ1n) is 35.5. The van der Waals surface area contributed by atoms with Crippen LogP contribution in [0, 0.1) is 0 Å². The van der Waals surface area contributed by atoms with Gasteiger partial charge in [-0.25, -0.2) is 0 Å². The summed E-state index contributed by atoms with van der Waals surface area (Å²) in [5.41, 5.74) is 30.3.